The molecule has 0 radical (unpaired) electrons. The number of methoxy groups -OCH3 is 1. The van der Waals surface area contributed by atoms with E-state index < -0.39 is 0 Å². The van der Waals surface area contributed by atoms with Gasteiger partial charge in [-0.25, -0.2) is 0 Å². The molecule has 1 aromatic rings. The first-order chi connectivity index (χ1) is 9.02. The number of hydrogen-bond acceptors (Lipinski definition) is 4. The molecule has 0 saturated carbocycles. The van der Waals surface area contributed by atoms with Crippen LogP contribution < -0.4 is 4.90 Å². The smallest absolute Gasteiger partial charge is 0.282 e. The summed E-state index contributed by atoms with van der Waals surface area (Å²) in [6, 6.07) is 5.70. The Morgan fingerprint density at radius 1 is 1.53 bits per heavy atom. The van der Waals surface area contributed by atoms with Crippen LogP contribution in [0.15, 0.2) is 18.2 Å². The van der Waals surface area contributed by atoms with Crippen LogP contribution in [-0.2, 0) is 4.74 Å². The fraction of sp³-hybridized carbons (Fsp3) is 0.538. The Morgan fingerprint density at radius 3 is 2.79 bits per heavy atom. The summed E-state index contributed by atoms with van der Waals surface area (Å²) in [5.74, 6) is 0. The fourth-order valence-corrected chi connectivity index (χ4v) is 3.25. The van der Waals surface area contributed by atoms with Crippen molar-refractivity contribution in [2.45, 2.75) is 31.9 Å². The van der Waals surface area contributed by atoms with Gasteiger partial charge in [-0.05, 0) is 54.5 Å². The van der Waals surface area contributed by atoms with Gasteiger partial charge in [-0.2, -0.15) is 0 Å². The molecule has 1 aliphatic heterocycles. The van der Waals surface area contributed by atoms with Gasteiger partial charge in [-0.15, -0.1) is 0 Å². The van der Waals surface area contributed by atoms with Gasteiger partial charge in [0, 0.05) is 31.5 Å². The number of nitrogens with zero attached hydrogens (tertiary/aromatic N) is 2. The third kappa shape index (κ3) is 3.17. The zero-order valence-corrected chi connectivity index (χ0v) is 13.2. The first kappa shape index (κ1) is 14.5. The molecule has 0 aromatic heterocycles. The SMILES string of the molecule is COC1CCN(c2ccc([N+](=O)[O-])c(I)c2)C(C)C1. The second-order valence-corrected chi connectivity index (χ2v) is 5.98. The third-order valence-electron chi connectivity index (χ3n) is 3.62. The fourth-order valence-electron chi connectivity index (χ4n) is 2.55. The minimum atomic E-state index is -0.341. The van der Waals surface area contributed by atoms with Gasteiger partial charge in [0.2, 0.25) is 0 Å². The molecule has 2 atom stereocenters. The number of rotatable bonds is 3. The Morgan fingerprint density at radius 2 is 2.26 bits per heavy atom. The van der Waals surface area contributed by atoms with Crippen molar-refractivity contribution in [2.75, 3.05) is 18.6 Å². The van der Waals surface area contributed by atoms with E-state index >= 15 is 0 Å². The summed E-state index contributed by atoms with van der Waals surface area (Å²) in [5, 5.41) is 10.8. The van der Waals surface area contributed by atoms with E-state index in [1.807, 2.05) is 34.7 Å². The summed E-state index contributed by atoms with van der Waals surface area (Å²) in [6.45, 7) is 3.09. The molecule has 0 aliphatic carbocycles. The minimum absolute atomic E-state index is 0.170. The lowest BCUT2D eigenvalue weighted by atomic mass is 10.00. The zero-order chi connectivity index (χ0) is 14.0. The number of hydrogen-bond donors (Lipinski definition) is 0. The Hall–Kier alpha value is -0.890. The topological polar surface area (TPSA) is 55.6 Å². The van der Waals surface area contributed by atoms with Crippen LogP contribution in [0, 0.1) is 13.7 Å². The van der Waals surface area contributed by atoms with Gasteiger partial charge in [0.05, 0.1) is 14.6 Å². The Labute approximate surface area is 126 Å². The highest BCUT2D eigenvalue weighted by atomic mass is 127. The molecule has 1 aliphatic rings. The van der Waals surface area contributed by atoms with Crippen molar-refractivity contribution in [3.05, 3.63) is 31.9 Å². The minimum Gasteiger partial charge on any atom is -0.381 e. The molecule has 104 valence electrons. The molecule has 5 nitrogen and oxygen atoms in total. The molecule has 1 fully saturated rings. The molecule has 0 amide bonds. The van der Waals surface area contributed by atoms with Crippen molar-refractivity contribution in [3.8, 4) is 0 Å². The van der Waals surface area contributed by atoms with Crippen molar-refractivity contribution < 1.29 is 9.66 Å². The van der Waals surface area contributed by atoms with Crippen LogP contribution in [-0.4, -0.2) is 30.7 Å². The lowest BCUT2D eigenvalue weighted by Crippen LogP contribution is -2.43. The third-order valence-corrected chi connectivity index (χ3v) is 4.49. The summed E-state index contributed by atoms with van der Waals surface area (Å²) in [7, 11) is 1.75. The van der Waals surface area contributed by atoms with E-state index in [0.717, 1.165) is 25.1 Å². The molecule has 0 bridgehead atoms. The van der Waals surface area contributed by atoms with E-state index in [2.05, 4.69) is 11.8 Å². The van der Waals surface area contributed by atoms with Gasteiger partial charge in [0.1, 0.15) is 0 Å². The average Bonchev–Trinajstić information content (AvgIpc) is 2.37. The van der Waals surface area contributed by atoms with Crippen molar-refractivity contribution in [3.63, 3.8) is 0 Å². The predicted molar refractivity (Wildman–Crippen MR) is 82.7 cm³/mol. The lowest BCUT2D eigenvalue weighted by molar-refractivity contribution is -0.385. The van der Waals surface area contributed by atoms with Gasteiger partial charge in [0.15, 0.2) is 0 Å². The molecular weight excluding hydrogens is 359 g/mol. The second kappa shape index (κ2) is 6.04. The number of benzene rings is 1. The van der Waals surface area contributed by atoms with Crippen molar-refractivity contribution in [1.82, 2.24) is 0 Å². The molecule has 19 heavy (non-hydrogen) atoms. The second-order valence-electron chi connectivity index (χ2n) is 4.82. The number of nitro groups is 1. The number of piperidine rings is 1. The Kier molecular flexibility index (Phi) is 4.62. The summed E-state index contributed by atoms with van der Waals surface area (Å²) in [6.07, 6.45) is 2.31. The average molecular weight is 376 g/mol. The summed E-state index contributed by atoms with van der Waals surface area (Å²) in [4.78, 5) is 12.8. The van der Waals surface area contributed by atoms with E-state index in [-0.39, 0.29) is 10.6 Å². The Bertz CT molecular complexity index is 481. The number of anilines is 1. The van der Waals surface area contributed by atoms with Crippen LogP contribution in [0.1, 0.15) is 19.8 Å². The number of ether oxygens (including phenoxy) is 1. The quantitative estimate of drug-likeness (QED) is 0.462. The largest absolute Gasteiger partial charge is 0.381 e. The highest BCUT2D eigenvalue weighted by Crippen LogP contribution is 2.30. The number of nitro benzene ring substituents is 1. The van der Waals surface area contributed by atoms with E-state index in [1.54, 1.807) is 13.2 Å². The molecular formula is C13H17IN2O3. The van der Waals surface area contributed by atoms with Crippen LogP contribution >= 0.6 is 22.6 Å². The summed E-state index contributed by atoms with van der Waals surface area (Å²) in [5.41, 5.74) is 1.22. The van der Waals surface area contributed by atoms with Crippen LogP contribution in [0.3, 0.4) is 0 Å². The first-order valence-electron chi connectivity index (χ1n) is 6.26. The van der Waals surface area contributed by atoms with Crippen molar-refractivity contribution in [2.24, 2.45) is 0 Å². The highest BCUT2D eigenvalue weighted by Gasteiger charge is 2.26. The normalized spacial score (nSPS) is 23.4. The van der Waals surface area contributed by atoms with Crippen molar-refractivity contribution in [1.29, 1.82) is 0 Å². The van der Waals surface area contributed by atoms with Gasteiger partial charge < -0.3 is 9.64 Å². The number of halogens is 1. The molecule has 1 aromatic carbocycles. The standard InChI is InChI=1S/C13H17IN2O3/c1-9-7-11(19-2)5-6-15(9)10-3-4-13(16(17)18)12(14)8-10/h3-4,8-9,11H,5-7H2,1-2H3. The zero-order valence-electron chi connectivity index (χ0n) is 11.0. The van der Waals surface area contributed by atoms with E-state index in [1.165, 1.54) is 0 Å². The lowest BCUT2D eigenvalue weighted by Gasteiger charge is -2.38. The predicted octanol–water partition coefficient (Wildman–Crippen LogP) is 3.20. The van der Waals surface area contributed by atoms with E-state index in [0.29, 0.717) is 15.7 Å². The molecule has 1 heterocycles. The molecule has 2 rings (SSSR count). The molecule has 6 heteroatoms. The maximum atomic E-state index is 10.8. The van der Waals surface area contributed by atoms with Gasteiger partial charge in [-0.1, -0.05) is 0 Å². The highest BCUT2D eigenvalue weighted by molar-refractivity contribution is 14.1. The van der Waals surface area contributed by atoms with Crippen LogP contribution in [0.5, 0.6) is 0 Å². The molecule has 2 unspecified atom stereocenters. The van der Waals surface area contributed by atoms with Crippen LogP contribution in [0.2, 0.25) is 0 Å². The molecule has 0 N–H and O–H groups in total. The van der Waals surface area contributed by atoms with Gasteiger partial charge in [0.25, 0.3) is 5.69 Å². The van der Waals surface area contributed by atoms with Crippen LogP contribution in [0.25, 0.3) is 0 Å². The van der Waals surface area contributed by atoms with Gasteiger partial charge in [-0.3, -0.25) is 10.1 Å². The summed E-state index contributed by atoms with van der Waals surface area (Å²) < 4.78 is 6.08. The molecule has 0 spiro atoms. The first-order valence-corrected chi connectivity index (χ1v) is 7.34. The van der Waals surface area contributed by atoms with Gasteiger partial charge >= 0.3 is 0 Å². The Balaban J connectivity index is 2.19. The van der Waals surface area contributed by atoms with Crippen molar-refractivity contribution >= 4 is 34.0 Å². The van der Waals surface area contributed by atoms with E-state index in [4.69, 9.17) is 4.74 Å². The van der Waals surface area contributed by atoms with E-state index in [9.17, 15) is 10.1 Å². The maximum Gasteiger partial charge on any atom is 0.282 e. The summed E-state index contributed by atoms with van der Waals surface area (Å²) >= 11 is 2.02. The maximum absolute atomic E-state index is 10.8. The van der Waals surface area contributed by atoms with Crippen LogP contribution in [0.4, 0.5) is 11.4 Å². The monoisotopic (exact) mass is 376 g/mol. The molecule has 1 saturated heterocycles.